The molecule has 1 atom stereocenters. The quantitative estimate of drug-likeness (QED) is 0.685. The molecule has 0 bridgehead atoms. The maximum atomic E-state index is 6.80. The summed E-state index contributed by atoms with van der Waals surface area (Å²) in [4.78, 5) is 0. The molecule has 1 aromatic carbocycles. The van der Waals surface area contributed by atoms with Gasteiger partial charge in [-0.1, -0.05) is 0 Å². The fourth-order valence-corrected chi connectivity index (χ4v) is 17.3. The molecule has 2 rings (SSSR count). The zero-order valence-corrected chi connectivity index (χ0v) is 14.9. The van der Waals surface area contributed by atoms with Gasteiger partial charge in [-0.3, -0.25) is 0 Å². The molecule has 0 saturated carbocycles. The van der Waals surface area contributed by atoms with E-state index in [4.69, 9.17) is 17.0 Å². The van der Waals surface area contributed by atoms with Crippen LogP contribution in [0.4, 0.5) is 0 Å². The third kappa shape index (κ3) is 2.14. The van der Waals surface area contributed by atoms with Crippen molar-refractivity contribution in [2.75, 3.05) is 0 Å². The number of hydrogen-bond donors (Lipinski definition) is 0. The molecule has 86 valence electrons. The van der Waals surface area contributed by atoms with E-state index in [9.17, 15) is 0 Å². The van der Waals surface area contributed by atoms with Gasteiger partial charge >= 0.3 is 111 Å². The zero-order valence-electron chi connectivity index (χ0n) is 9.80. The van der Waals surface area contributed by atoms with Crippen LogP contribution in [-0.4, -0.2) is 5.92 Å². The number of halogens is 2. The van der Waals surface area contributed by atoms with Crippen molar-refractivity contribution < 1.29 is 17.0 Å². The van der Waals surface area contributed by atoms with Crippen LogP contribution < -0.4 is 0 Å². The Labute approximate surface area is 110 Å². The van der Waals surface area contributed by atoms with Crippen LogP contribution in [0.5, 0.6) is 0 Å². The first kappa shape index (κ1) is 13.1. The first-order valence-electron chi connectivity index (χ1n) is 5.59. The SMILES string of the molecule is CC1=Cc2ccccc2[CH]1[Zr]([Cl])([Cl])[SiH](C)C. The van der Waals surface area contributed by atoms with Gasteiger partial charge in [0, 0.05) is 0 Å². The van der Waals surface area contributed by atoms with Crippen LogP contribution >= 0.6 is 17.0 Å². The summed E-state index contributed by atoms with van der Waals surface area (Å²) in [5.41, 5.74) is 4.08. The summed E-state index contributed by atoms with van der Waals surface area (Å²) < 4.78 is 0.389. The van der Waals surface area contributed by atoms with Crippen molar-refractivity contribution in [2.24, 2.45) is 0 Å². The molecule has 16 heavy (non-hydrogen) atoms. The molecule has 0 saturated heterocycles. The number of rotatable bonds is 2. The summed E-state index contributed by atoms with van der Waals surface area (Å²) in [6.07, 6.45) is 2.26. The molecule has 1 aliphatic carbocycles. The van der Waals surface area contributed by atoms with Crippen LogP contribution in [0.1, 0.15) is 21.7 Å². The van der Waals surface area contributed by atoms with Gasteiger partial charge in [-0.25, -0.2) is 0 Å². The Balaban J connectivity index is 2.49. The molecule has 0 nitrogen and oxygen atoms in total. The van der Waals surface area contributed by atoms with E-state index in [-0.39, 0.29) is 0 Å². The molecule has 1 unspecified atom stereocenters. The Morgan fingerprint density at radius 2 is 1.81 bits per heavy atom. The monoisotopic (exact) mass is 348 g/mol. The first-order valence-corrected chi connectivity index (χ1v) is 20.5. The van der Waals surface area contributed by atoms with Gasteiger partial charge in [-0.15, -0.1) is 0 Å². The van der Waals surface area contributed by atoms with Crippen molar-refractivity contribution in [1.29, 1.82) is 0 Å². The topological polar surface area (TPSA) is 0 Å². The summed E-state index contributed by atoms with van der Waals surface area (Å²) in [5, 5.41) is 0. The molecule has 0 fully saturated rings. The van der Waals surface area contributed by atoms with Gasteiger partial charge in [0.05, 0.1) is 0 Å². The van der Waals surface area contributed by atoms with E-state index in [0.29, 0.717) is 3.63 Å². The molecule has 0 aromatic heterocycles. The van der Waals surface area contributed by atoms with Gasteiger partial charge in [0.1, 0.15) is 0 Å². The third-order valence-electron chi connectivity index (χ3n) is 3.30. The maximum absolute atomic E-state index is 6.80. The van der Waals surface area contributed by atoms with Crippen molar-refractivity contribution in [3.05, 3.63) is 41.0 Å². The third-order valence-corrected chi connectivity index (χ3v) is 40.0. The predicted octanol–water partition coefficient (Wildman–Crippen LogP) is 4.59. The molecule has 0 aliphatic heterocycles. The van der Waals surface area contributed by atoms with Gasteiger partial charge in [-0.05, 0) is 0 Å². The minimum absolute atomic E-state index is 0.389. The van der Waals surface area contributed by atoms with Crippen LogP contribution in [-0.2, 0) is 17.0 Å². The Morgan fingerprint density at radius 1 is 1.19 bits per heavy atom. The fraction of sp³-hybridized carbons (Fsp3) is 0.333. The Bertz CT molecular complexity index is 440. The van der Waals surface area contributed by atoms with Crippen LogP contribution in [0.2, 0.25) is 13.1 Å². The summed E-state index contributed by atoms with van der Waals surface area (Å²) >= 11 is -2.94. The number of hydrogen-bond acceptors (Lipinski definition) is 0. The summed E-state index contributed by atoms with van der Waals surface area (Å²) in [7, 11) is 13.6. The number of allylic oxidation sites excluding steroid dienone is 1. The van der Waals surface area contributed by atoms with Gasteiger partial charge in [0.2, 0.25) is 0 Å². The van der Waals surface area contributed by atoms with E-state index in [0.717, 1.165) is 0 Å². The number of fused-ring (bicyclic) bond motifs is 1. The second-order valence-corrected chi connectivity index (χ2v) is 38.6. The average Bonchev–Trinajstić information content (AvgIpc) is 2.53. The van der Waals surface area contributed by atoms with Gasteiger partial charge in [0.25, 0.3) is 0 Å². The minimum atomic E-state index is -2.94. The number of benzene rings is 1. The van der Waals surface area contributed by atoms with Gasteiger partial charge in [-0.2, -0.15) is 0 Å². The predicted molar refractivity (Wildman–Crippen MR) is 73.4 cm³/mol. The molecular weight excluding hydrogens is 334 g/mol. The van der Waals surface area contributed by atoms with Gasteiger partial charge in [0.15, 0.2) is 0 Å². The molecule has 4 heteroatoms. The Kier molecular flexibility index (Phi) is 3.86. The molecule has 1 aromatic rings. The van der Waals surface area contributed by atoms with E-state index < -0.39 is 23.0 Å². The Hall–Kier alpha value is 0.640. The van der Waals surface area contributed by atoms with E-state index in [1.165, 1.54) is 16.7 Å². The van der Waals surface area contributed by atoms with Crippen LogP contribution in [0, 0.1) is 0 Å². The molecular formula is C12H16Cl2SiZr. The fourth-order valence-electron chi connectivity index (χ4n) is 2.32. The standard InChI is InChI=1S/C10H9.C2H7Si.2ClH.Zr/c1-8-6-9-4-2-3-5-10(9)7-8;1-3-2;;;/h2-7H,1H3;3H,1-2H3;2*1H;/q;;;;+2/p-2. The molecule has 0 spiro atoms. The van der Waals surface area contributed by atoms with Crippen LogP contribution in [0.3, 0.4) is 0 Å². The average molecular weight is 350 g/mol. The molecule has 1 aliphatic rings. The van der Waals surface area contributed by atoms with Crippen molar-refractivity contribution >= 4 is 29.0 Å². The van der Waals surface area contributed by atoms with Crippen molar-refractivity contribution in [3.63, 3.8) is 0 Å². The summed E-state index contributed by atoms with van der Waals surface area (Å²) in [6, 6.07) is 8.53. The normalized spacial score (nSPS) is 19.9. The van der Waals surface area contributed by atoms with Crippen LogP contribution in [0.25, 0.3) is 6.08 Å². The molecule has 0 amide bonds. The van der Waals surface area contributed by atoms with E-state index in [2.05, 4.69) is 50.4 Å². The van der Waals surface area contributed by atoms with Crippen molar-refractivity contribution in [2.45, 2.75) is 23.6 Å². The van der Waals surface area contributed by atoms with E-state index in [1.807, 2.05) is 0 Å². The summed E-state index contributed by atoms with van der Waals surface area (Å²) in [6.45, 7) is 6.77. The summed E-state index contributed by atoms with van der Waals surface area (Å²) in [5.74, 6) is -0.930. The second-order valence-electron chi connectivity index (χ2n) is 4.78. The molecule has 0 heterocycles. The van der Waals surface area contributed by atoms with E-state index >= 15 is 0 Å². The zero-order chi connectivity index (χ0) is 11.9. The first-order chi connectivity index (χ1) is 7.44. The van der Waals surface area contributed by atoms with Crippen molar-refractivity contribution in [1.82, 2.24) is 0 Å². The molecule has 0 radical (unpaired) electrons. The second kappa shape index (κ2) is 4.72. The van der Waals surface area contributed by atoms with Crippen molar-refractivity contribution in [3.8, 4) is 0 Å². The van der Waals surface area contributed by atoms with Gasteiger partial charge < -0.3 is 0 Å². The van der Waals surface area contributed by atoms with E-state index in [1.54, 1.807) is 0 Å². The molecule has 0 N–H and O–H groups in total. The Morgan fingerprint density at radius 3 is 2.44 bits per heavy atom. The van der Waals surface area contributed by atoms with Crippen LogP contribution in [0.15, 0.2) is 29.8 Å².